The molecule has 0 aliphatic carbocycles. The monoisotopic (exact) mass is 542 g/mol. The van der Waals surface area contributed by atoms with Crippen LogP contribution in [0.2, 0.25) is 0 Å². The maximum Gasteiger partial charge on any atom is 0.297 e. The Morgan fingerprint density at radius 3 is 2.15 bits per heavy atom. The first-order valence-electron chi connectivity index (χ1n) is 12.8. The molecular formula is C32H26N6OS. The van der Waals surface area contributed by atoms with Crippen LogP contribution in [-0.2, 0) is 7.05 Å². The number of nitrogens with zero attached hydrogens (tertiary/aromatic N) is 6. The van der Waals surface area contributed by atoms with Gasteiger partial charge in [0, 0.05) is 24.2 Å². The zero-order valence-electron chi connectivity index (χ0n) is 22.0. The molecule has 3 aromatic carbocycles. The smallest absolute Gasteiger partial charge is 0.283 e. The quantitative estimate of drug-likeness (QED) is 0.236. The minimum atomic E-state index is -0.186. The Bertz CT molecular complexity index is 1910. The molecule has 8 heteroatoms. The third kappa shape index (κ3) is 4.88. The van der Waals surface area contributed by atoms with E-state index in [0.29, 0.717) is 10.5 Å². The molecule has 0 N–H and O–H groups in total. The van der Waals surface area contributed by atoms with Gasteiger partial charge in [0.15, 0.2) is 5.69 Å². The lowest BCUT2D eigenvalue weighted by molar-refractivity contribution is 0.630. The average molecular weight is 543 g/mol. The van der Waals surface area contributed by atoms with Crippen molar-refractivity contribution in [3.8, 4) is 28.1 Å². The van der Waals surface area contributed by atoms with Crippen molar-refractivity contribution >= 4 is 23.2 Å². The van der Waals surface area contributed by atoms with Gasteiger partial charge < -0.3 is 0 Å². The Morgan fingerprint density at radius 2 is 1.45 bits per heavy atom. The van der Waals surface area contributed by atoms with Crippen molar-refractivity contribution in [2.75, 3.05) is 0 Å². The molecule has 40 heavy (non-hydrogen) atoms. The fourth-order valence-electron chi connectivity index (χ4n) is 4.50. The zero-order valence-corrected chi connectivity index (χ0v) is 22.9. The van der Waals surface area contributed by atoms with Gasteiger partial charge in [-0.05, 0) is 42.3 Å². The number of hydrogen-bond donors (Lipinski definition) is 0. The van der Waals surface area contributed by atoms with E-state index in [4.69, 9.17) is 10.1 Å². The number of thiazole rings is 1. The average Bonchev–Trinajstić information content (AvgIpc) is 3.51. The van der Waals surface area contributed by atoms with E-state index >= 15 is 0 Å². The Morgan fingerprint density at radius 1 is 0.800 bits per heavy atom. The van der Waals surface area contributed by atoms with Crippen molar-refractivity contribution in [3.63, 3.8) is 0 Å². The van der Waals surface area contributed by atoms with Crippen LogP contribution in [0.4, 0.5) is 5.69 Å². The van der Waals surface area contributed by atoms with Gasteiger partial charge in [0.25, 0.3) is 5.56 Å². The van der Waals surface area contributed by atoms with E-state index in [0.717, 1.165) is 39.5 Å². The third-order valence-corrected chi connectivity index (χ3v) is 7.51. The van der Waals surface area contributed by atoms with Crippen molar-refractivity contribution in [1.29, 1.82) is 0 Å². The van der Waals surface area contributed by atoms with E-state index in [1.165, 1.54) is 11.3 Å². The lowest BCUT2D eigenvalue weighted by Crippen LogP contribution is -2.19. The Balaban J connectivity index is 1.48. The molecule has 0 atom stereocenters. The highest BCUT2D eigenvalue weighted by Crippen LogP contribution is 2.26. The van der Waals surface area contributed by atoms with Crippen LogP contribution in [0.5, 0.6) is 0 Å². The van der Waals surface area contributed by atoms with E-state index in [2.05, 4.69) is 41.4 Å². The summed E-state index contributed by atoms with van der Waals surface area (Å²) in [5.41, 5.74) is 6.60. The van der Waals surface area contributed by atoms with Gasteiger partial charge in [-0.25, -0.2) is 14.4 Å². The summed E-state index contributed by atoms with van der Waals surface area (Å²) < 4.78 is 5.23. The van der Waals surface area contributed by atoms with E-state index in [-0.39, 0.29) is 5.56 Å². The molecule has 6 aromatic rings. The fourth-order valence-corrected chi connectivity index (χ4v) is 5.34. The molecule has 3 heterocycles. The molecule has 3 aromatic heterocycles. The SMILES string of the molecule is Cc1c(N=c2scc(-c3ccc(-c4ccccc4)cc3)n2N=Cc2ccccn2)c(=O)n(-c2ccccc2)n1C. The number of benzene rings is 3. The Labute approximate surface area is 235 Å². The molecule has 0 saturated heterocycles. The van der Waals surface area contributed by atoms with Crippen LogP contribution in [0.25, 0.3) is 28.1 Å². The minimum absolute atomic E-state index is 0.186. The molecular weight excluding hydrogens is 516 g/mol. The third-order valence-electron chi connectivity index (χ3n) is 6.70. The molecule has 196 valence electrons. The molecule has 0 fully saturated rings. The topological polar surface area (TPSA) is 69.5 Å². The van der Waals surface area contributed by atoms with Gasteiger partial charge in [-0.15, -0.1) is 11.3 Å². The van der Waals surface area contributed by atoms with Crippen LogP contribution in [0.15, 0.2) is 130 Å². The van der Waals surface area contributed by atoms with Gasteiger partial charge in [0.1, 0.15) is 0 Å². The molecule has 0 unspecified atom stereocenters. The van der Waals surface area contributed by atoms with Crippen LogP contribution >= 0.6 is 11.3 Å². The Kier molecular flexibility index (Phi) is 6.91. The standard InChI is InChI=1S/C32H26N6OS/c1-23-30(31(39)38(36(23)2)28-14-7-4-8-15-28)35-32-37(34-21-27-13-9-10-20-33-27)29(22-40-32)26-18-16-25(17-19-26)24-11-5-3-6-12-24/h3-22H,1-2H3. The lowest BCUT2D eigenvalue weighted by Gasteiger charge is -2.07. The summed E-state index contributed by atoms with van der Waals surface area (Å²) in [6.07, 6.45) is 3.43. The van der Waals surface area contributed by atoms with Gasteiger partial charge in [-0.2, -0.15) is 5.10 Å². The zero-order chi connectivity index (χ0) is 27.5. The van der Waals surface area contributed by atoms with Crippen LogP contribution in [0.1, 0.15) is 11.4 Å². The van der Waals surface area contributed by atoms with Crippen LogP contribution in [0, 0.1) is 6.92 Å². The molecule has 7 nitrogen and oxygen atoms in total. The first-order chi connectivity index (χ1) is 19.6. The molecule has 0 aliphatic heterocycles. The second-order valence-corrected chi connectivity index (χ2v) is 10.0. The number of aromatic nitrogens is 4. The largest absolute Gasteiger partial charge is 0.297 e. The number of rotatable bonds is 6. The van der Waals surface area contributed by atoms with Crippen LogP contribution < -0.4 is 10.4 Å². The van der Waals surface area contributed by atoms with Gasteiger partial charge in [0.05, 0.1) is 29.0 Å². The predicted octanol–water partition coefficient (Wildman–Crippen LogP) is 6.19. The molecule has 0 radical (unpaired) electrons. The molecule has 0 aliphatic rings. The second kappa shape index (κ2) is 11.0. The van der Waals surface area contributed by atoms with Gasteiger partial charge >= 0.3 is 0 Å². The highest BCUT2D eigenvalue weighted by atomic mass is 32.1. The first kappa shape index (κ1) is 25.2. The van der Waals surface area contributed by atoms with Crippen molar-refractivity contribution < 1.29 is 0 Å². The van der Waals surface area contributed by atoms with Crippen LogP contribution in [0.3, 0.4) is 0 Å². The minimum Gasteiger partial charge on any atom is -0.283 e. The van der Waals surface area contributed by atoms with Crippen molar-refractivity contribution in [2.45, 2.75) is 6.92 Å². The molecule has 0 amide bonds. The van der Waals surface area contributed by atoms with Crippen molar-refractivity contribution in [3.05, 3.63) is 141 Å². The lowest BCUT2D eigenvalue weighted by atomic mass is 10.0. The summed E-state index contributed by atoms with van der Waals surface area (Å²) in [7, 11) is 1.87. The van der Waals surface area contributed by atoms with E-state index in [1.54, 1.807) is 21.8 Å². The maximum atomic E-state index is 13.6. The van der Waals surface area contributed by atoms with E-state index < -0.39 is 0 Å². The van der Waals surface area contributed by atoms with Gasteiger partial charge in [-0.1, -0.05) is 78.9 Å². The second-order valence-electron chi connectivity index (χ2n) is 9.18. The Hall–Kier alpha value is -5.08. The maximum absolute atomic E-state index is 13.6. The van der Waals surface area contributed by atoms with E-state index in [9.17, 15) is 4.79 Å². The van der Waals surface area contributed by atoms with Crippen LogP contribution in [-0.4, -0.2) is 25.2 Å². The van der Waals surface area contributed by atoms with E-state index in [1.807, 2.05) is 90.8 Å². The number of para-hydroxylation sites is 1. The summed E-state index contributed by atoms with van der Waals surface area (Å²) in [5.74, 6) is 0. The number of pyridine rings is 1. The number of hydrogen-bond acceptors (Lipinski definition) is 5. The molecule has 0 saturated carbocycles. The van der Waals surface area contributed by atoms with Gasteiger partial charge in [-0.3, -0.25) is 14.5 Å². The summed E-state index contributed by atoms with van der Waals surface area (Å²) >= 11 is 1.43. The summed E-state index contributed by atoms with van der Waals surface area (Å²) in [6, 6.07) is 33.9. The summed E-state index contributed by atoms with van der Waals surface area (Å²) in [4.78, 5) is 23.4. The van der Waals surface area contributed by atoms with Gasteiger partial charge in [0.2, 0.25) is 4.80 Å². The highest BCUT2D eigenvalue weighted by Gasteiger charge is 2.17. The molecule has 0 bridgehead atoms. The van der Waals surface area contributed by atoms with Crippen molar-refractivity contribution in [2.24, 2.45) is 17.1 Å². The molecule has 6 rings (SSSR count). The van der Waals surface area contributed by atoms with Crippen molar-refractivity contribution in [1.82, 2.24) is 19.0 Å². The fraction of sp³-hybridized carbons (Fsp3) is 0.0625. The molecule has 0 spiro atoms. The summed E-state index contributed by atoms with van der Waals surface area (Å²) in [5, 5.41) is 6.78. The normalized spacial score (nSPS) is 11.9. The first-order valence-corrected chi connectivity index (χ1v) is 13.7. The highest BCUT2D eigenvalue weighted by molar-refractivity contribution is 7.07. The summed E-state index contributed by atoms with van der Waals surface area (Å²) in [6.45, 7) is 1.90. The predicted molar refractivity (Wildman–Crippen MR) is 161 cm³/mol.